The van der Waals surface area contributed by atoms with E-state index in [-0.39, 0.29) is 29.1 Å². The molecule has 0 saturated heterocycles. The minimum atomic E-state index is -5.61. The number of hydrogen-bond acceptors (Lipinski definition) is 8. The van der Waals surface area contributed by atoms with E-state index in [1.165, 1.54) is 0 Å². The summed E-state index contributed by atoms with van der Waals surface area (Å²) in [4.78, 5) is 68.6. The molecule has 0 rings (SSSR count). The Morgan fingerprint density at radius 2 is 0.500 bits per heavy atom. The first-order chi connectivity index (χ1) is 4.00. The van der Waals surface area contributed by atoms with Gasteiger partial charge in [0.15, 0.2) is 0 Å². The van der Waals surface area contributed by atoms with Crippen LogP contribution in [0.4, 0.5) is 0 Å². The van der Waals surface area contributed by atoms with Crippen LogP contribution in [-0.4, -0.2) is 18.1 Å². The van der Waals surface area contributed by atoms with Crippen LogP contribution in [0, 0.1) is 7.43 Å². The molecule has 64 valence electrons. The number of rotatable bonds is 0. The second-order valence-corrected chi connectivity index (χ2v) is 3.00. The molecule has 0 N–H and O–H groups in total. The Labute approximate surface area is 85.9 Å². The molecule has 0 bridgehead atoms. The van der Waals surface area contributed by atoms with Crippen LogP contribution in [-0.2, 0) is 21.7 Å². The van der Waals surface area contributed by atoms with E-state index in [9.17, 15) is 0 Å². The summed E-state index contributed by atoms with van der Waals surface area (Å²) >= 11 is 0. The van der Waals surface area contributed by atoms with E-state index in [0.717, 1.165) is 0 Å². The van der Waals surface area contributed by atoms with Gasteiger partial charge in [-0.05, 0) is 0 Å². The van der Waals surface area contributed by atoms with E-state index in [2.05, 4.69) is 0 Å². The van der Waals surface area contributed by atoms with Crippen LogP contribution in [0.3, 0.4) is 0 Å². The Bertz CT molecular complexity index is 60.0. The quantitative estimate of drug-likeness (QED) is 0.375. The van der Waals surface area contributed by atoms with Gasteiger partial charge in [-0.2, -0.15) is 0 Å². The van der Waals surface area contributed by atoms with E-state index < -0.39 is 18.1 Å². The summed E-state index contributed by atoms with van der Waals surface area (Å²) in [5.74, 6) is 0. The third-order valence-corrected chi connectivity index (χ3v) is 0. The minimum Gasteiger partial charge on any atom is -0.894 e. The van der Waals surface area contributed by atoms with Gasteiger partial charge in [0, 0.05) is 0 Å². The van der Waals surface area contributed by atoms with Gasteiger partial charge < -0.3 is 56.5 Å². The van der Waals surface area contributed by atoms with Crippen LogP contribution in [0.1, 0.15) is 0 Å². The van der Waals surface area contributed by atoms with E-state index in [4.69, 9.17) is 38.4 Å². The van der Waals surface area contributed by atoms with Crippen molar-refractivity contribution in [3.63, 3.8) is 0 Å². The molecule has 0 aromatic rings. The second kappa shape index (κ2) is 8.43. The molecule has 8 nitrogen and oxygen atoms in total. The molecule has 0 aromatic carbocycles. The molecule has 0 fully saturated rings. The molecule has 0 spiro atoms. The summed E-state index contributed by atoms with van der Waals surface area (Å²) in [7, 11) is -11.2. The van der Waals surface area contributed by atoms with Crippen molar-refractivity contribution < 1.29 is 60.1 Å². The Hall–Kier alpha value is 0.828. The van der Waals surface area contributed by atoms with Gasteiger partial charge in [-0.25, -0.2) is 0 Å². The fraction of sp³-hybridized carbons (Fsp3) is 0. The summed E-state index contributed by atoms with van der Waals surface area (Å²) in [5.41, 5.74) is 0. The predicted molar refractivity (Wildman–Crippen MR) is 14.8 cm³/mol. The Balaban J connectivity index is -0.0000000457. The standard InChI is InChI=1S/C.2O4Si.Ti/c;2*1-5(2,3)4;/q+4;2*-4;+4. The SMILES string of the molecule is [C+4].[O-][Si]([O-])([O-])[O-].[O-][Si]([O-])([O-])[O-].[Ti+4]. The van der Waals surface area contributed by atoms with Gasteiger partial charge in [0.05, 0.1) is 0 Å². The fourth-order valence-electron chi connectivity index (χ4n) is 0. The zero-order valence-electron chi connectivity index (χ0n) is 5.27. The van der Waals surface area contributed by atoms with Crippen molar-refractivity contribution in [2.75, 3.05) is 0 Å². The van der Waals surface area contributed by atoms with Gasteiger partial charge in [-0.3, -0.25) is 0 Å². The van der Waals surface area contributed by atoms with Crippen molar-refractivity contribution in [1.29, 1.82) is 0 Å². The molecular formula is CO8Si2Ti. The van der Waals surface area contributed by atoms with Crippen LogP contribution < -0.4 is 38.4 Å². The van der Waals surface area contributed by atoms with Gasteiger partial charge in [0.1, 0.15) is 0 Å². The van der Waals surface area contributed by atoms with E-state index >= 15 is 0 Å². The van der Waals surface area contributed by atoms with Crippen LogP contribution in [0.5, 0.6) is 0 Å². The van der Waals surface area contributed by atoms with Crippen molar-refractivity contribution in [2.24, 2.45) is 0 Å². The molecule has 0 amide bonds. The molecule has 0 atom stereocenters. The Morgan fingerprint density at radius 1 is 0.500 bits per heavy atom. The van der Waals surface area contributed by atoms with E-state index in [1.807, 2.05) is 0 Å². The maximum Gasteiger partial charge on any atom is 4.00 e. The van der Waals surface area contributed by atoms with Crippen molar-refractivity contribution in [3.05, 3.63) is 7.43 Å². The molecular weight excluding hydrogens is 244 g/mol. The molecule has 0 aliphatic rings. The van der Waals surface area contributed by atoms with Gasteiger partial charge in [0.25, 0.3) is 0 Å². The first kappa shape index (κ1) is 23.0. The summed E-state index contributed by atoms with van der Waals surface area (Å²) in [6, 6.07) is 0. The average molecular weight is 244 g/mol. The molecule has 0 radical (unpaired) electrons. The van der Waals surface area contributed by atoms with Crippen molar-refractivity contribution in [2.45, 2.75) is 0 Å². The normalized spacial score (nSPS) is 10.0. The number of hydrogen-bond donors (Lipinski definition) is 0. The average Bonchev–Trinajstić information content (AvgIpc) is 1.12. The molecule has 0 aliphatic carbocycles. The first-order valence-electron chi connectivity index (χ1n) is 1.63. The topological polar surface area (TPSA) is 184 Å². The molecule has 0 heterocycles. The molecule has 0 aromatic heterocycles. The summed E-state index contributed by atoms with van der Waals surface area (Å²) in [5, 5.41) is 0. The molecule has 0 unspecified atom stereocenters. The summed E-state index contributed by atoms with van der Waals surface area (Å²) < 4.78 is 0. The summed E-state index contributed by atoms with van der Waals surface area (Å²) in [6.45, 7) is 0. The van der Waals surface area contributed by atoms with Crippen LogP contribution in [0.15, 0.2) is 0 Å². The molecule has 0 saturated carbocycles. The maximum absolute atomic E-state index is 8.58. The van der Waals surface area contributed by atoms with Gasteiger partial charge >= 0.3 is 29.1 Å². The minimum absolute atomic E-state index is 0. The van der Waals surface area contributed by atoms with Crippen molar-refractivity contribution >= 4 is 18.1 Å². The Morgan fingerprint density at radius 3 is 0.500 bits per heavy atom. The second-order valence-electron chi connectivity index (χ2n) is 1.00. The third-order valence-electron chi connectivity index (χ3n) is 0. The largest absolute Gasteiger partial charge is 4.00 e. The molecule has 0 aliphatic heterocycles. The maximum atomic E-state index is 8.58. The van der Waals surface area contributed by atoms with Crippen LogP contribution in [0.2, 0.25) is 0 Å². The van der Waals surface area contributed by atoms with Crippen molar-refractivity contribution in [3.8, 4) is 0 Å². The summed E-state index contributed by atoms with van der Waals surface area (Å²) in [6.07, 6.45) is 0. The predicted octanol–water partition coefficient (Wildman–Crippen LogP) is -10.2. The monoisotopic (exact) mass is 244 g/mol. The van der Waals surface area contributed by atoms with E-state index in [0.29, 0.717) is 0 Å². The first-order valence-corrected chi connectivity index (χ1v) is 4.90. The Kier molecular flexibility index (Phi) is 16.2. The van der Waals surface area contributed by atoms with Crippen LogP contribution in [0.25, 0.3) is 0 Å². The van der Waals surface area contributed by atoms with Gasteiger partial charge in [-0.15, -0.1) is 0 Å². The zero-order chi connectivity index (χ0) is 9.00. The third kappa shape index (κ3) is 1530. The van der Waals surface area contributed by atoms with E-state index in [1.54, 1.807) is 0 Å². The fourth-order valence-corrected chi connectivity index (χ4v) is 0. The molecule has 11 heteroatoms. The zero-order valence-corrected chi connectivity index (χ0v) is 8.83. The molecule has 12 heavy (non-hydrogen) atoms. The smallest absolute Gasteiger partial charge is 0.894 e. The van der Waals surface area contributed by atoms with Gasteiger partial charge in [-0.1, -0.05) is 0 Å². The van der Waals surface area contributed by atoms with Crippen LogP contribution >= 0.6 is 0 Å². The van der Waals surface area contributed by atoms with Gasteiger partial charge in [0.2, 0.25) is 0 Å². The van der Waals surface area contributed by atoms with Crippen molar-refractivity contribution in [1.82, 2.24) is 0 Å².